The van der Waals surface area contributed by atoms with Crippen LogP contribution in [0.1, 0.15) is 47.4 Å². The molecule has 2 fully saturated rings. The quantitative estimate of drug-likeness (QED) is 0.599. The van der Waals surface area contributed by atoms with Crippen LogP contribution in [0.3, 0.4) is 0 Å². The van der Waals surface area contributed by atoms with E-state index in [0.717, 1.165) is 41.5 Å². The molecule has 3 aliphatic rings. The number of aryl methyl sites for hydroxylation is 2. The number of ether oxygens (including phenoxy) is 2. The largest absolute Gasteiger partial charge is 0.442 e. The van der Waals surface area contributed by atoms with Crippen LogP contribution in [0.25, 0.3) is 0 Å². The van der Waals surface area contributed by atoms with Gasteiger partial charge >= 0.3 is 12.3 Å². The van der Waals surface area contributed by atoms with Crippen molar-refractivity contribution in [1.82, 2.24) is 10.2 Å². The molecular weight excluding hydrogens is 492 g/mol. The monoisotopic (exact) mass is 520 g/mol. The number of nitrogens with one attached hydrogen (secondary N) is 1. The van der Waals surface area contributed by atoms with Gasteiger partial charge < -0.3 is 19.7 Å². The lowest BCUT2D eigenvalue weighted by molar-refractivity contribution is -0.271. The second kappa shape index (κ2) is 9.31. The van der Waals surface area contributed by atoms with Crippen molar-refractivity contribution in [2.75, 3.05) is 26.7 Å². The van der Waals surface area contributed by atoms with Crippen LogP contribution in [-0.4, -0.2) is 55.4 Å². The summed E-state index contributed by atoms with van der Waals surface area (Å²) >= 11 is 0. The van der Waals surface area contributed by atoms with Crippen LogP contribution in [-0.2, 0) is 32.7 Å². The summed E-state index contributed by atoms with van der Waals surface area (Å²) in [5, 5.41) is 2.64. The van der Waals surface area contributed by atoms with Gasteiger partial charge in [-0.3, -0.25) is 4.79 Å². The summed E-state index contributed by atoms with van der Waals surface area (Å²) in [6, 6.07) is 10.3. The minimum atomic E-state index is -5.00. The first kappa shape index (κ1) is 25.5. The van der Waals surface area contributed by atoms with Gasteiger partial charge in [0, 0.05) is 51.1 Å². The number of piperidine rings is 1. The third-order valence-electron chi connectivity index (χ3n) is 8.06. The highest BCUT2D eigenvalue weighted by Gasteiger charge is 2.64. The Balaban J connectivity index is 1.43. The molecule has 1 spiro atoms. The van der Waals surface area contributed by atoms with Crippen molar-refractivity contribution in [3.8, 4) is 0 Å². The van der Waals surface area contributed by atoms with Gasteiger partial charge in [-0.2, -0.15) is 13.2 Å². The number of rotatable bonds is 4. The van der Waals surface area contributed by atoms with Gasteiger partial charge in [0.2, 0.25) is 0 Å². The van der Waals surface area contributed by atoms with E-state index in [-0.39, 0.29) is 44.0 Å². The normalized spacial score (nSPS) is 22.7. The van der Waals surface area contributed by atoms with Crippen molar-refractivity contribution < 1.29 is 36.6 Å². The number of halogens is 4. The van der Waals surface area contributed by atoms with E-state index in [1.807, 2.05) is 0 Å². The zero-order valence-corrected chi connectivity index (χ0v) is 20.4. The summed E-state index contributed by atoms with van der Waals surface area (Å²) in [5.74, 6) is -1.95. The van der Waals surface area contributed by atoms with Crippen LogP contribution >= 0.6 is 0 Å². The van der Waals surface area contributed by atoms with E-state index in [0.29, 0.717) is 6.42 Å². The summed E-state index contributed by atoms with van der Waals surface area (Å²) in [5.41, 5.74) is -1.87. The summed E-state index contributed by atoms with van der Waals surface area (Å²) < 4.78 is 68.2. The zero-order valence-electron chi connectivity index (χ0n) is 20.4. The number of amides is 2. The second-order valence-electron chi connectivity index (χ2n) is 9.95. The summed E-state index contributed by atoms with van der Waals surface area (Å²) in [4.78, 5) is 26.9. The average Bonchev–Trinajstić information content (AvgIpc) is 3.33. The maximum atomic E-state index is 14.7. The molecule has 198 valence electrons. The fourth-order valence-corrected chi connectivity index (χ4v) is 6.06. The van der Waals surface area contributed by atoms with Crippen LogP contribution in [0.5, 0.6) is 0 Å². The summed E-state index contributed by atoms with van der Waals surface area (Å²) in [6.07, 6.45) is -3.05. The van der Waals surface area contributed by atoms with Crippen LogP contribution in [0.2, 0.25) is 0 Å². The van der Waals surface area contributed by atoms with E-state index in [4.69, 9.17) is 9.47 Å². The molecule has 2 saturated heterocycles. The fourth-order valence-electron chi connectivity index (χ4n) is 6.06. The number of nitrogens with zero attached hydrogens (tertiary/aromatic N) is 1. The number of alkyl carbamates (subject to hydrolysis) is 1. The van der Waals surface area contributed by atoms with Gasteiger partial charge in [0.1, 0.15) is 11.4 Å². The van der Waals surface area contributed by atoms with Crippen molar-refractivity contribution in [3.63, 3.8) is 0 Å². The van der Waals surface area contributed by atoms with Crippen LogP contribution in [0, 0.1) is 5.82 Å². The van der Waals surface area contributed by atoms with Crippen molar-refractivity contribution in [2.24, 2.45) is 0 Å². The van der Waals surface area contributed by atoms with Crippen LogP contribution in [0.15, 0.2) is 42.5 Å². The second-order valence-corrected chi connectivity index (χ2v) is 9.95. The van der Waals surface area contributed by atoms with Gasteiger partial charge in [0.05, 0.1) is 0 Å². The Morgan fingerprint density at radius 2 is 1.76 bits per heavy atom. The van der Waals surface area contributed by atoms with E-state index in [2.05, 4.69) is 5.32 Å². The highest BCUT2D eigenvalue weighted by molar-refractivity contribution is 5.88. The predicted octanol–water partition coefficient (Wildman–Crippen LogP) is 4.60. The summed E-state index contributed by atoms with van der Waals surface area (Å²) in [7, 11) is 0.906. The number of carbonyl (C=O) groups is 2. The minimum absolute atomic E-state index is 0.0596. The molecular formula is C27H28F4N2O4. The van der Waals surface area contributed by atoms with Gasteiger partial charge in [-0.1, -0.05) is 30.3 Å². The molecule has 1 aliphatic carbocycles. The Morgan fingerprint density at radius 1 is 1.08 bits per heavy atom. The maximum absolute atomic E-state index is 14.7. The highest BCUT2D eigenvalue weighted by Crippen LogP contribution is 2.47. The Hall–Kier alpha value is -3.14. The van der Waals surface area contributed by atoms with E-state index in [9.17, 15) is 27.2 Å². The molecule has 10 heteroatoms. The van der Waals surface area contributed by atoms with Crippen molar-refractivity contribution >= 4 is 12.0 Å². The average molecular weight is 521 g/mol. The molecule has 2 aliphatic heterocycles. The first-order valence-corrected chi connectivity index (χ1v) is 12.4. The molecule has 0 aromatic heterocycles. The number of fused-ring (bicyclic) bond motifs is 1. The van der Waals surface area contributed by atoms with Gasteiger partial charge in [0.15, 0.2) is 0 Å². The number of hydrogen-bond acceptors (Lipinski definition) is 4. The fraction of sp³-hybridized carbons (Fsp3) is 0.481. The topological polar surface area (TPSA) is 67.9 Å². The molecule has 6 nitrogen and oxygen atoms in total. The first-order valence-electron chi connectivity index (χ1n) is 12.4. The van der Waals surface area contributed by atoms with Crippen molar-refractivity contribution in [3.05, 3.63) is 70.5 Å². The Labute approximate surface area is 211 Å². The number of hydrogen-bond donors (Lipinski definition) is 1. The standard InChI is InChI=1S/C27H28F4N2O4/c1-36-26(27(29,30)31,20-8-5-17-3-2-4-19(17)15-20)23(34)33-13-11-25(12-14-33)22(16-32-24(35)37-25)18-6-9-21(28)10-7-18/h5-10,15,22H,2-4,11-14,16H2,1H3,(H,32,35)/t22-,26-/m1/s1. The number of methoxy groups -OCH3 is 1. The Kier molecular flexibility index (Phi) is 6.42. The lowest BCUT2D eigenvalue weighted by Gasteiger charge is -2.49. The molecule has 5 rings (SSSR count). The molecule has 0 bridgehead atoms. The molecule has 2 aromatic rings. The minimum Gasteiger partial charge on any atom is -0.442 e. The van der Waals surface area contributed by atoms with E-state index >= 15 is 0 Å². The molecule has 2 amide bonds. The van der Waals surface area contributed by atoms with Crippen LogP contribution < -0.4 is 5.32 Å². The highest BCUT2D eigenvalue weighted by atomic mass is 19.4. The molecule has 2 heterocycles. The summed E-state index contributed by atoms with van der Waals surface area (Å²) in [6.45, 7) is 0.115. The first-order chi connectivity index (χ1) is 17.6. The third-order valence-corrected chi connectivity index (χ3v) is 8.06. The molecule has 0 saturated carbocycles. The Bertz CT molecular complexity index is 1190. The molecule has 37 heavy (non-hydrogen) atoms. The van der Waals surface area contributed by atoms with Gasteiger partial charge in [-0.15, -0.1) is 0 Å². The SMILES string of the molecule is CO[C@@](C(=O)N1CCC2(CC1)OC(=O)NC[C@@H]2c1ccc(F)cc1)(c1ccc2c(c1)CCC2)C(F)(F)F. The zero-order chi connectivity index (χ0) is 26.4. The number of alkyl halides is 3. The van der Waals surface area contributed by atoms with E-state index in [1.165, 1.54) is 24.3 Å². The number of carbonyl (C=O) groups excluding carboxylic acids is 2. The maximum Gasteiger partial charge on any atom is 0.430 e. The third kappa shape index (κ3) is 4.24. The van der Waals surface area contributed by atoms with E-state index < -0.39 is 35.2 Å². The molecule has 2 atom stereocenters. The van der Waals surface area contributed by atoms with Gasteiger partial charge in [-0.05, 0) is 48.1 Å². The van der Waals surface area contributed by atoms with Crippen molar-refractivity contribution in [2.45, 2.75) is 55.4 Å². The lowest BCUT2D eigenvalue weighted by atomic mass is 9.74. The molecule has 2 aromatic carbocycles. The van der Waals surface area contributed by atoms with E-state index in [1.54, 1.807) is 18.2 Å². The molecule has 1 N–H and O–H groups in total. The number of likely N-dealkylation sites (tertiary alicyclic amines) is 1. The number of benzene rings is 2. The van der Waals surface area contributed by atoms with Crippen LogP contribution in [0.4, 0.5) is 22.4 Å². The predicted molar refractivity (Wildman–Crippen MR) is 125 cm³/mol. The van der Waals surface area contributed by atoms with Gasteiger partial charge in [0.25, 0.3) is 11.5 Å². The van der Waals surface area contributed by atoms with Gasteiger partial charge in [-0.25, -0.2) is 9.18 Å². The smallest absolute Gasteiger partial charge is 0.430 e. The molecule has 0 unspecified atom stereocenters. The van der Waals surface area contributed by atoms with Crippen molar-refractivity contribution in [1.29, 1.82) is 0 Å². The Morgan fingerprint density at radius 3 is 2.41 bits per heavy atom. The lowest BCUT2D eigenvalue weighted by Crippen LogP contribution is -2.62. The molecule has 0 radical (unpaired) electrons.